The summed E-state index contributed by atoms with van der Waals surface area (Å²) in [6, 6.07) is 0. The molecule has 0 saturated carbocycles. The lowest BCUT2D eigenvalue weighted by atomic mass is 10.8. The molecule has 0 aromatic heterocycles. The van der Waals surface area contributed by atoms with Crippen molar-refractivity contribution in [3.05, 3.63) is 0 Å². The lowest BCUT2D eigenvalue weighted by Gasteiger charge is -1.95. The van der Waals surface area contributed by atoms with Gasteiger partial charge in [0.15, 0.2) is 6.29 Å². The maximum absolute atomic E-state index is 9.23. The van der Waals surface area contributed by atoms with Gasteiger partial charge in [0.2, 0.25) is 0 Å². The maximum atomic E-state index is 9.23. The van der Waals surface area contributed by atoms with Gasteiger partial charge in [-0.15, -0.1) is 0 Å². The molecule has 4 nitrogen and oxygen atoms in total. The zero-order chi connectivity index (χ0) is 4.99. The number of aliphatic hydroxyl groups excluding tert-OH is 1. The molecule has 44 valence electrons. The largest absolute Gasteiger partial charge is 0.438 e. The van der Waals surface area contributed by atoms with E-state index >= 15 is 0 Å². The third-order valence-electron chi connectivity index (χ3n) is 0.252. The molecule has 1 unspecified atom stereocenters. The van der Waals surface area contributed by atoms with E-state index in [1.54, 1.807) is 0 Å². The first-order chi connectivity index (χ1) is 2.77. The Balaban J connectivity index is 0. The Morgan fingerprint density at radius 1 is 1.86 bits per heavy atom. The molecule has 0 bridgehead atoms. The van der Waals surface area contributed by atoms with E-state index in [0.717, 1.165) is 0 Å². The van der Waals surface area contributed by atoms with Crippen LogP contribution >= 0.6 is 0 Å². The van der Waals surface area contributed by atoms with Crippen molar-refractivity contribution in [1.82, 2.24) is 6.15 Å². The molecule has 0 heterocycles. The quantitative estimate of drug-likeness (QED) is 0.373. The topological polar surface area (TPSA) is 81.5 Å². The van der Waals surface area contributed by atoms with Crippen LogP contribution in [-0.2, 0) is 9.53 Å². The lowest BCUT2D eigenvalue weighted by molar-refractivity contribution is -0.148. The predicted molar refractivity (Wildman–Crippen MR) is 23.9 cm³/mol. The number of ether oxygens (including phenoxy) is 1. The minimum atomic E-state index is -0.970. The summed E-state index contributed by atoms with van der Waals surface area (Å²) in [4.78, 5) is 9.23. The molecular weight excluding hydrogens is 98.0 g/mol. The molecule has 0 spiro atoms. The Bertz CT molecular complexity index is 45.4. The summed E-state index contributed by atoms with van der Waals surface area (Å²) in [5.41, 5.74) is 0. The van der Waals surface area contributed by atoms with Gasteiger partial charge in [-0.05, 0) is 6.92 Å². The van der Waals surface area contributed by atoms with Crippen LogP contribution in [0, 0.1) is 0 Å². The average molecular weight is 107 g/mol. The summed E-state index contributed by atoms with van der Waals surface area (Å²) in [5.74, 6) is 0. The van der Waals surface area contributed by atoms with E-state index in [1.807, 2.05) is 0 Å². The van der Waals surface area contributed by atoms with Crippen LogP contribution in [0.1, 0.15) is 6.92 Å². The van der Waals surface area contributed by atoms with Crippen LogP contribution in [0.25, 0.3) is 0 Å². The fourth-order valence-electron chi connectivity index (χ4n) is 0.0804. The number of hydrogen-bond donors (Lipinski definition) is 2. The Kier molecular flexibility index (Phi) is 7.42. The molecule has 0 radical (unpaired) electrons. The van der Waals surface area contributed by atoms with Gasteiger partial charge in [0.25, 0.3) is 6.47 Å². The van der Waals surface area contributed by atoms with E-state index in [4.69, 9.17) is 5.11 Å². The van der Waals surface area contributed by atoms with Gasteiger partial charge in [-0.1, -0.05) is 0 Å². The first-order valence-electron chi connectivity index (χ1n) is 1.54. The van der Waals surface area contributed by atoms with Gasteiger partial charge in [-0.2, -0.15) is 0 Å². The number of hydrogen-bond acceptors (Lipinski definition) is 4. The van der Waals surface area contributed by atoms with Gasteiger partial charge in [0.05, 0.1) is 0 Å². The highest BCUT2D eigenvalue weighted by molar-refractivity contribution is 5.36. The van der Waals surface area contributed by atoms with Crippen LogP contribution in [0.3, 0.4) is 0 Å². The summed E-state index contributed by atoms with van der Waals surface area (Å²) < 4.78 is 3.92. The van der Waals surface area contributed by atoms with E-state index in [1.165, 1.54) is 6.92 Å². The van der Waals surface area contributed by atoms with Crippen molar-refractivity contribution in [2.24, 2.45) is 0 Å². The molecule has 0 aromatic carbocycles. The Morgan fingerprint density at radius 2 is 2.29 bits per heavy atom. The van der Waals surface area contributed by atoms with Crippen molar-refractivity contribution in [3.63, 3.8) is 0 Å². The molecule has 4 heteroatoms. The second-order valence-corrected chi connectivity index (χ2v) is 0.832. The van der Waals surface area contributed by atoms with Crippen LogP contribution in [-0.4, -0.2) is 17.9 Å². The fourth-order valence-corrected chi connectivity index (χ4v) is 0.0804. The molecule has 0 fully saturated rings. The molecule has 4 N–H and O–H groups in total. The monoisotopic (exact) mass is 107 g/mol. The summed E-state index contributed by atoms with van der Waals surface area (Å²) in [7, 11) is 0. The number of carbonyl (C=O) groups is 1. The first-order valence-corrected chi connectivity index (χ1v) is 1.54. The normalized spacial score (nSPS) is 11.1. The second-order valence-electron chi connectivity index (χ2n) is 0.832. The second kappa shape index (κ2) is 5.39. The summed E-state index contributed by atoms with van der Waals surface area (Å²) in [5, 5.41) is 8.10. The minimum absolute atomic E-state index is 0. The zero-order valence-electron chi connectivity index (χ0n) is 4.13. The van der Waals surface area contributed by atoms with E-state index in [2.05, 4.69) is 4.74 Å². The number of carbonyl (C=O) groups excluding carboxylic acids is 1. The van der Waals surface area contributed by atoms with Gasteiger partial charge >= 0.3 is 0 Å². The Hall–Kier alpha value is -0.610. The number of rotatable bonds is 2. The molecule has 0 saturated heterocycles. The van der Waals surface area contributed by atoms with Crippen molar-refractivity contribution in [2.75, 3.05) is 0 Å². The van der Waals surface area contributed by atoms with Gasteiger partial charge in [-0.3, -0.25) is 4.79 Å². The predicted octanol–water partition coefficient (Wildman–Crippen LogP) is -0.340. The lowest BCUT2D eigenvalue weighted by Crippen LogP contribution is -2.02. The van der Waals surface area contributed by atoms with Crippen LogP contribution in [0.15, 0.2) is 0 Å². The molecule has 7 heavy (non-hydrogen) atoms. The highest BCUT2D eigenvalue weighted by Crippen LogP contribution is 1.73. The van der Waals surface area contributed by atoms with E-state index in [9.17, 15) is 4.79 Å². The molecule has 0 rings (SSSR count). The highest BCUT2D eigenvalue weighted by atomic mass is 16.6. The van der Waals surface area contributed by atoms with Crippen molar-refractivity contribution in [3.8, 4) is 0 Å². The van der Waals surface area contributed by atoms with Gasteiger partial charge in [0, 0.05) is 0 Å². The summed E-state index contributed by atoms with van der Waals surface area (Å²) >= 11 is 0. The molecule has 0 aliphatic heterocycles. The summed E-state index contributed by atoms with van der Waals surface area (Å²) in [6.07, 6.45) is -0.970. The van der Waals surface area contributed by atoms with Crippen LogP contribution in [0.4, 0.5) is 0 Å². The van der Waals surface area contributed by atoms with Crippen LogP contribution < -0.4 is 6.15 Å². The minimum Gasteiger partial charge on any atom is -0.438 e. The molecule has 0 amide bonds. The van der Waals surface area contributed by atoms with Gasteiger partial charge in [0.1, 0.15) is 0 Å². The Morgan fingerprint density at radius 3 is 2.29 bits per heavy atom. The maximum Gasteiger partial charge on any atom is 0.295 e. The van der Waals surface area contributed by atoms with Gasteiger partial charge < -0.3 is 16.0 Å². The molecule has 0 aliphatic rings. The highest BCUT2D eigenvalue weighted by Gasteiger charge is 1.85. The summed E-state index contributed by atoms with van der Waals surface area (Å²) in [6.45, 7) is 1.55. The van der Waals surface area contributed by atoms with Crippen LogP contribution in [0.5, 0.6) is 0 Å². The standard InChI is InChI=1S/C3H6O3.H3N/c1-3(5)6-2-4;/h2-3,5H,1H3;1H3. The zero-order valence-corrected chi connectivity index (χ0v) is 4.13. The van der Waals surface area contributed by atoms with E-state index in [-0.39, 0.29) is 12.6 Å². The average Bonchev–Trinajstić information content (AvgIpc) is 1.35. The van der Waals surface area contributed by atoms with E-state index < -0.39 is 6.29 Å². The molecular formula is C3H9NO3. The molecule has 1 atom stereocenters. The third-order valence-corrected chi connectivity index (χ3v) is 0.252. The molecule has 0 aliphatic carbocycles. The number of aliphatic hydroxyl groups is 1. The molecule has 0 aromatic rings. The van der Waals surface area contributed by atoms with Crippen molar-refractivity contribution >= 4 is 6.47 Å². The van der Waals surface area contributed by atoms with Crippen molar-refractivity contribution in [1.29, 1.82) is 0 Å². The van der Waals surface area contributed by atoms with Gasteiger partial charge in [-0.25, -0.2) is 0 Å². The van der Waals surface area contributed by atoms with Crippen LogP contribution in [0.2, 0.25) is 0 Å². The fraction of sp³-hybridized carbons (Fsp3) is 0.667. The van der Waals surface area contributed by atoms with E-state index in [0.29, 0.717) is 0 Å². The van der Waals surface area contributed by atoms with Crippen molar-refractivity contribution < 1.29 is 14.6 Å². The smallest absolute Gasteiger partial charge is 0.295 e. The first kappa shape index (κ1) is 9.63. The SMILES string of the molecule is CC(O)OC=O.N. The third kappa shape index (κ3) is 10.8. The Labute approximate surface area is 41.7 Å². The van der Waals surface area contributed by atoms with Crippen molar-refractivity contribution in [2.45, 2.75) is 13.2 Å².